The van der Waals surface area contributed by atoms with Gasteiger partial charge in [-0.05, 0) is 43.4 Å². The predicted octanol–water partition coefficient (Wildman–Crippen LogP) is 1.33. The Balaban J connectivity index is 1.35. The first kappa shape index (κ1) is 20.8. The van der Waals surface area contributed by atoms with E-state index in [2.05, 4.69) is 15.7 Å². The average molecular weight is 403 g/mol. The summed E-state index contributed by atoms with van der Waals surface area (Å²) in [7, 11) is 3.20. The van der Waals surface area contributed by atoms with Crippen LogP contribution in [-0.4, -0.2) is 47.7 Å². The number of hydrogen-bond donors (Lipinski definition) is 2. The minimum absolute atomic E-state index is 0.0425. The first-order valence-electron chi connectivity index (χ1n) is 10.0. The Morgan fingerprint density at radius 3 is 2.69 bits per heavy atom. The summed E-state index contributed by atoms with van der Waals surface area (Å²) in [5.74, 6) is 2.23. The molecule has 1 aliphatic rings. The fraction of sp³-hybridized carbons (Fsp3) is 0.550. The second-order valence-corrected chi connectivity index (χ2v) is 7.01. The number of aryl methyl sites for hydroxylation is 2. The molecule has 0 spiro atoms. The number of fused-ring (bicyclic) bond motifs is 1. The highest BCUT2D eigenvalue weighted by molar-refractivity contribution is 5.73. The van der Waals surface area contributed by atoms with Crippen molar-refractivity contribution in [1.29, 1.82) is 0 Å². The molecule has 0 saturated carbocycles. The molecule has 2 aromatic rings. The maximum atomic E-state index is 12.3. The van der Waals surface area contributed by atoms with Gasteiger partial charge in [0, 0.05) is 32.6 Å². The quantitative estimate of drug-likeness (QED) is 0.616. The van der Waals surface area contributed by atoms with Crippen LogP contribution in [-0.2, 0) is 25.9 Å². The van der Waals surface area contributed by atoms with Crippen LogP contribution in [0.25, 0.3) is 0 Å². The molecule has 0 bridgehead atoms. The maximum Gasteiger partial charge on any atom is 0.345 e. The summed E-state index contributed by atoms with van der Waals surface area (Å²) in [6.45, 7) is 2.25. The summed E-state index contributed by atoms with van der Waals surface area (Å²) >= 11 is 0. The molecule has 2 heterocycles. The Hall–Kier alpha value is -2.97. The van der Waals surface area contributed by atoms with E-state index in [9.17, 15) is 9.59 Å². The van der Waals surface area contributed by atoms with Gasteiger partial charge >= 0.3 is 11.7 Å². The lowest BCUT2D eigenvalue weighted by Gasteiger charge is -2.10. The van der Waals surface area contributed by atoms with Crippen LogP contribution < -0.4 is 25.8 Å². The number of carbonyl (C=O) groups excluding carboxylic acids is 1. The third kappa shape index (κ3) is 5.30. The van der Waals surface area contributed by atoms with E-state index in [4.69, 9.17) is 9.47 Å². The Bertz CT molecular complexity index is 889. The number of carbonyl (C=O) groups is 1. The van der Waals surface area contributed by atoms with Crippen LogP contribution in [0.3, 0.4) is 0 Å². The van der Waals surface area contributed by atoms with Gasteiger partial charge in [0.15, 0.2) is 11.5 Å². The highest BCUT2D eigenvalue weighted by Crippen LogP contribution is 2.27. The van der Waals surface area contributed by atoms with Crippen molar-refractivity contribution in [3.63, 3.8) is 0 Å². The van der Waals surface area contributed by atoms with Crippen molar-refractivity contribution in [1.82, 2.24) is 25.0 Å². The first-order chi connectivity index (χ1) is 14.1. The van der Waals surface area contributed by atoms with Gasteiger partial charge in [0.25, 0.3) is 0 Å². The van der Waals surface area contributed by atoms with Crippen LogP contribution in [0.4, 0.5) is 4.79 Å². The summed E-state index contributed by atoms with van der Waals surface area (Å²) in [5.41, 5.74) is 1.00. The summed E-state index contributed by atoms with van der Waals surface area (Å²) < 4.78 is 13.8. The normalized spacial score (nSPS) is 12.9. The molecule has 2 N–H and O–H groups in total. The first-order valence-corrected chi connectivity index (χ1v) is 10.0. The summed E-state index contributed by atoms with van der Waals surface area (Å²) in [4.78, 5) is 24.2. The van der Waals surface area contributed by atoms with Gasteiger partial charge in [-0.15, -0.1) is 0 Å². The van der Waals surface area contributed by atoms with E-state index >= 15 is 0 Å². The third-order valence-electron chi connectivity index (χ3n) is 5.01. The van der Waals surface area contributed by atoms with E-state index in [0.29, 0.717) is 44.0 Å². The number of aromatic nitrogens is 3. The second kappa shape index (κ2) is 9.99. The number of rotatable bonds is 9. The Kier molecular flexibility index (Phi) is 7.15. The number of nitrogens with one attached hydrogen (secondary N) is 2. The zero-order valence-corrected chi connectivity index (χ0v) is 17.1. The van der Waals surface area contributed by atoms with E-state index in [1.807, 2.05) is 18.2 Å². The Morgan fingerprint density at radius 1 is 1.14 bits per heavy atom. The van der Waals surface area contributed by atoms with Crippen LogP contribution in [0, 0.1) is 0 Å². The minimum Gasteiger partial charge on any atom is -0.493 e. The number of urea groups is 1. The number of nitrogens with zero attached hydrogens (tertiary/aromatic N) is 3. The fourth-order valence-corrected chi connectivity index (χ4v) is 3.44. The molecule has 1 aliphatic heterocycles. The van der Waals surface area contributed by atoms with Gasteiger partial charge in [0.2, 0.25) is 0 Å². The number of benzene rings is 1. The number of methoxy groups -OCH3 is 2. The topological polar surface area (TPSA) is 99.4 Å². The molecule has 9 nitrogen and oxygen atoms in total. The van der Waals surface area contributed by atoms with Crippen molar-refractivity contribution < 1.29 is 14.3 Å². The number of hydrogen-bond acceptors (Lipinski definition) is 5. The molecule has 2 amide bonds. The molecular formula is C20H29N5O4. The van der Waals surface area contributed by atoms with Gasteiger partial charge in [0.05, 0.1) is 14.2 Å². The fourth-order valence-electron chi connectivity index (χ4n) is 3.44. The average Bonchev–Trinajstić information content (AvgIpc) is 3.07. The molecular weight excluding hydrogens is 374 g/mol. The van der Waals surface area contributed by atoms with E-state index in [0.717, 1.165) is 37.2 Å². The molecule has 0 fully saturated rings. The molecule has 0 atom stereocenters. The standard InChI is InChI=1S/C20H29N5O4/c1-28-16-8-7-15(14-17(16)29-2)9-11-22-19(26)21-10-5-13-25-20(27)24-12-4-3-6-18(24)23-25/h7-8,14H,3-6,9-13H2,1-2H3,(H2,21,22,26). The van der Waals surface area contributed by atoms with Gasteiger partial charge < -0.3 is 20.1 Å². The molecule has 1 aromatic carbocycles. The highest BCUT2D eigenvalue weighted by atomic mass is 16.5. The van der Waals surface area contributed by atoms with Crippen LogP contribution in [0.5, 0.6) is 11.5 Å². The molecule has 9 heteroatoms. The van der Waals surface area contributed by atoms with Gasteiger partial charge in [-0.3, -0.25) is 4.57 Å². The highest BCUT2D eigenvalue weighted by Gasteiger charge is 2.16. The van der Waals surface area contributed by atoms with E-state index in [-0.39, 0.29) is 11.7 Å². The van der Waals surface area contributed by atoms with Crippen LogP contribution in [0.1, 0.15) is 30.7 Å². The monoisotopic (exact) mass is 403 g/mol. The van der Waals surface area contributed by atoms with Crippen molar-refractivity contribution in [3.05, 3.63) is 40.1 Å². The molecule has 0 saturated heterocycles. The third-order valence-corrected chi connectivity index (χ3v) is 5.01. The maximum absolute atomic E-state index is 12.3. The largest absolute Gasteiger partial charge is 0.493 e. The van der Waals surface area contributed by atoms with Gasteiger partial charge in [0.1, 0.15) is 5.82 Å². The van der Waals surface area contributed by atoms with Crippen molar-refractivity contribution in [3.8, 4) is 11.5 Å². The van der Waals surface area contributed by atoms with Gasteiger partial charge in [-0.25, -0.2) is 14.3 Å². The summed E-state index contributed by atoms with van der Waals surface area (Å²) in [6.07, 6.45) is 4.32. The minimum atomic E-state index is -0.220. The van der Waals surface area contributed by atoms with Gasteiger partial charge in [-0.2, -0.15) is 5.10 Å². The van der Waals surface area contributed by atoms with Crippen molar-refractivity contribution in [2.45, 2.75) is 45.2 Å². The van der Waals surface area contributed by atoms with Crippen molar-refractivity contribution >= 4 is 6.03 Å². The Morgan fingerprint density at radius 2 is 1.93 bits per heavy atom. The van der Waals surface area contributed by atoms with E-state index in [1.54, 1.807) is 18.8 Å². The number of ether oxygens (including phenoxy) is 2. The van der Waals surface area contributed by atoms with Crippen molar-refractivity contribution in [2.75, 3.05) is 27.3 Å². The summed E-state index contributed by atoms with van der Waals surface area (Å²) in [6, 6.07) is 5.48. The molecule has 3 rings (SSSR count). The second-order valence-electron chi connectivity index (χ2n) is 7.01. The SMILES string of the molecule is COc1ccc(CCNC(=O)NCCCn2nc3n(c2=O)CCCC3)cc1OC. The smallest absolute Gasteiger partial charge is 0.345 e. The molecule has 158 valence electrons. The zero-order valence-electron chi connectivity index (χ0n) is 17.1. The zero-order chi connectivity index (χ0) is 20.6. The number of amides is 2. The summed E-state index contributed by atoms with van der Waals surface area (Å²) in [5, 5.41) is 10.0. The predicted molar refractivity (Wildman–Crippen MR) is 109 cm³/mol. The molecule has 0 radical (unpaired) electrons. The molecule has 29 heavy (non-hydrogen) atoms. The van der Waals surface area contributed by atoms with Crippen molar-refractivity contribution in [2.24, 2.45) is 0 Å². The lowest BCUT2D eigenvalue weighted by molar-refractivity contribution is 0.240. The van der Waals surface area contributed by atoms with E-state index < -0.39 is 0 Å². The lowest BCUT2D eigenvalue weighted by atomic mass is 10.1. The Labute approximate surface area is 170 Å². The van der Waals surface area contributed by atoms with Crippen LogP contribution >= 0.6 is 0 Å². The molecule has 1 aromatic heterocycles. The molecule has 0 aliphatic carbocycles. The van der Waals surface area contributed by atoms with Gasteiger partial charge in [-0.1, -0.05) is 6.07 Å². The lowest BCUT2D eigenvalue weighted by Crippen LogP contribution is -2.37. The molecule has 0 unspecified atom stereocenters. The van der Waals surface area contributed by atoms with Crippen LogP contribution in [0.15, 0.2) is 23.0 Å². The van der Waals surface area contributed by atoms with Crippen LogP contribution in [0.2, 0.25) is 0 Å². The van der Waals surface area contributed by atoms with E-state index in [1.165, 1.54) is 4.68 Å².